The minimum absolute atomic E-state index is 0.124. The molecule has 6 heteroatoms. The Morgan fingerprint density at radius 3 is 3.07 bits per heavy atom. The lowest BCUT2D eigenvalue weighted by Crippen LogP contribution is -2.23. The van der Waals surface area contributed by atoms with Gasteiger partial charge in [0.15, 0.2) is 0 Å². The first-order chi connectivity index (χ1) is 7.29. The smallest absolute Gasteiger partial charge is 0.265 e. The standard InChI is InChI=1S/C9H12ClN3OS/c1-2-7-8(15-13-12-7)9(14)11-6-4-3-5-10/h3-4H,2,5-6H2,1H3,(H,11,14)/b4-3+. The first-order valence-corrected chi connectivity index (χ1v) is 5.90. The van der Waals surface area contributed by atoms with Crippen LogP contribution in [0.4, 0.5) is 0 Å². The molecule has 0 spiro atoms. The lowest BCUT2D eigenvalue weighted by Gasteiger charge is -1.99. The van der Waals surface area contributed by atoms with Crippen molar-refractivity contribution in [3.63, 3.8) is 0 Å². The molecule has 0 aliphatic carbocycles. The Morgan fingerprint density at radius 1 is 1.60 bits per heavy atom. The van der Waals surface area contributed by atoms with Gasteiger partial charge in [0.2, 0.25) is 0 Å². The van der Waals surface area contributed by atoms with Gasteiger partial charge in [-0.15, -0.1) is 16.7 Å². The van der Waals surface area contributed by atoms with Gasteiger partial charge in [-0.2, -0.15) is 0 Å². The van der Waals surface area contributed by atoms with Gasteiger partial charge in [-0.25, -0.2) is 0 Å². The van der Waals surface area contributed by atoms with Crippen LogP contribution >= 0.6 is 23.1 Å². The number of carbonyl (C=O) groups is 1. The van der Waals surface area contributed by atoms with E-state index in [0.717, 1.165) is 23.6 Å². The second-order valence-electron chi connectivity index (χ2n) is 2.74. The Bertz CT molecular complexity index is 351. The van der Waals surface area contributed by atoms with E-state index < -0.39 is 0 Å². The van der Waals surface area contributed by atoms with Crippen LogP contribution in [0.15, 0.2) is 12.2 Å². The quantitative estimate of drug-likeness (QED) is 0.634. The molecule has 0 aliphatic heterocycles. The SMILES string of the molecule is CCc1nnsc1C(=O)NC/C=C/CCl. The molecule has 1 N–H and O–H groups in total. The maximum Gasteiger partial charge on any atom is 0.265 e. The molecular weight excluding hydrogens is 234 g/mol. The third-order valence-corrected chi connectivity index (χ3v) is 2.68. The molecule has 1 rings (SSSR count). The molecule has 0 aliphatic rings. The van der Waals surface area contributed by atoms with Gasteiger partial charge in [0, 0.05) is 12.4 Å². The highest BCUT2D eigenvalue weighted by molar-refractivity contribution is 7.08. The number of nitrogens with one attached hydrogen (secondary N) is 1. The molecule has 82 valence electrons. The zero-order valence-corrected chi connectivity index (χ0v) is 9.94. The summed E-state index contributed by atoms with van der Waals surface area (Å²) in [4.78, 5) is 12.2. The molecule has 0 bridgehead atoms. The van der Waals surface area contributed by atoms with Crippen molar-refractivity contribution in [3.8, 4) is 0 Å². The zero-order valence-electron chi connectivity index (χ0n) is 8.36. The van der Waals surface area contributed by atoms with Crippen LogP contribution in [0.25, 0.3) is 0 Å². The number of nitrogens with zero attached hydrogens (tertiary/aromatic N) is 2. The molecule has 1 heterocycles. The first-order valence-electron chi connectivity index (χ1n) is 4.60. The number of aromatic nitrogens is 2. The maximum atomic E-state index is 11.6. The second-order valence-corrected chi connectivity index (χ2v) is 3.80. The summed E-state index contributed by atoms with van der Waals surface area (Å²) in [7, 11) is 0. The second kappa shape index (κ2) is 6.53. The zero-order chi connectivity index (χ0) is 11.1. The first kappa shape index (κ1) is 12.1. The van der Waals surface area contributed by atoms with Crippen molar-refractivity contribution < 1.29 is 4.79 Å². The maximum absolute atomic E-state index is 11.6. The molecule has 0 radical (unpaired) electrons. The highest BCUT2D eigenvalue weighted by Gasteiger charge is 2.13. The van der Waals surface area contributed by atoms with Crippen molar-refractivity contribution in [2.24, 2.45) is 0 Å². The Hall–Kier alpha value is -0.940. The molecule has 4 nitrogen and oxygen atoms in total. The lowest BCUT2D eigenvalue weighted by molar-refractivity contribution is 0.0961. The van der Waals surface area contributed by atoms with Crippen molar-refractivity contribution >= 4 is 29.0 Å². The molecule has 0 unspecified atom stereocenters. The molecule has 0 aromatic carbocycles. The van der Waals surface area contributed by atoms with E-state index in [1.165, 1.54) is 0 Å². The number of halogens is 1. The van der Waals surface area contributed by atoms with E-state index in [0.29, 0.717) is 17.3 Å². The monoisotopic (exact) mass is 245 g/mol. The summed E-state index contributed by atoms with van der Waals surface area (Å²) < 4.78 is 3.75. The van der Waals surface area contributed by atoms with Crippen LogP contribution < -0.4 is 5.32 Å². The van der Waals surface area contributed by atoms with Crippen LogP contribution in [0.5, 0.6) is 0 Å². The molecule has 1 amide bonds. The topological polar surface area (TPSA) is 54.9 Å². The van der Waals surface area contributed by atoms with Crippen molar-refractivity contribution in [2.75, 3.05) is 12.4 Å². The van der Waals surface area contributed by atoms with E-state index in [4.69, 9.17) is 11.6 Å². The minimum Gasteiger partial charge on any atom is -0.348 e. The van der Waals surface area contributed by atoms with E-state index in [-0.39, 0.29) is 5.91 Å². The number of rotatable bonds is 5. The molecule has 1 aromatic rings. The van der Waals surface area contributed by atoms with Gasteiger partial charge in [-0.1, -0.05) is 23.6 Å². The van der Waals surface area contributed by atoms with E-state index >= 15 is 0 Å². The fourth-order valence-corrected chi connectivity index (χ4v) is 1.78. The summed E-state index contributed by atoms with van der Waals surface area (Å²) in [6.07, 6.45) is 4.31. The molecule has 0 saturated carbocycles. The normalized spacial score (nSPS) is 10.8. The Morgan fingerprint density at radius 2 is 2.40 bits per heavy atom. The highest BCUT2D eigenvalue weighted by Crippen LogP contribution is 2.10. The van der Waals surface area contributed by atoms with Gasteiger partial charge < -0.3 is 5.32 Å². The Balaban J connectivity index is 2.50. The summed E-state index contributed by atoms with van der Waals surface area (Å²) in [5, 5.41) is 6.61. The van der Waals surface area contributed by atoms with Crippen molar-refractivity contribution in [1.29, 1.82) is 0 Å². The number of hydrogen-bond acceptors (Lipinski definition) is 4. The average molecular weight is 246 g/mol. The van der Waals surface area contributed by atoms with Gasteiger partial charge in [-0.3, -0.25) is 4.79 Å². The molecule has 15 heavy (non-hydrogen) atoms. The summed E-state index contributed by atoms with van der Waals surface area (Å²) in [5.74, 6) is 0.333. The van der Waals surface area contributed by atoms with Crippen LogP contribution in [-0.4, -0.2) is 27.9 Å². The number of alkyl halides is 1. The molecule has 0 atom stereocenters. The van der Waals surface area contributed by atoms with Crippen LogP contribution in [0.1, 0.15) is 22.3 Å². The molecular formula is C9H12ClN3OS. The predicted octanol–water partition coefficient (Wildman–Crippen LogP) is 1.63. The van der Waals surface area contributed by atoms with E-state index in [9.17, 15) is 4.79 Å². The average Bonchev–Trinajstić information content (AvgIpc) is 2.72. The van der Waals surface area contributed by atoms with Crippen LogP contribution in [0.3, 0.4) is 0 Å². The van der Waals surface area contributed by atoms with Gasteiger partial charge in [0.25, 0.3) is 5.91 Å². The highest BCUT2D eigenvalue weighted by atomic mass is 35.5. The van der Waals surface area contributed by atoms with Crippen LogP contribution in [-0.2, 0) is 6.42 Å². The Kier molecular flexibility index (Phi) is 5.28. The summed E-state index contributed by atoms with van der Waals surface area (Å²) in [6.45, 7) is 2.42. The molecule has 0 fully saturated rings. The number of allylic oxidation sites excluding steroid dienone is 1. The molecule has 1 aromatic heterocycles. The number of hydrogen-bond donors (Lipinski definition) is 1. The van der Waals surface area contributed by atoms with E-state index in [1.807, 2.05) is 13.0 Å². The van der Waals surface area contributed by atoms with E-state index in [2.05, 4.69) is 14.9 Å². The minimum atomic E-state index is -0.124. The fraction of sp³-hybridized carbons (Fsp3) is 0.444. The predicted molar refractivity (Wildman–Crippen MR) is 61.5 cm³/mol. The summed E-state index contributed by atoms with van der Waals surface area (Å²) in [5.41, 5.74) is 0.749. The molecule has 0 saturated heterocycles. The number of amides is 1. The van der Waals surface area contributed by atoms with Crippen molar-refractivity contribution in [1.82, 2.24) is 14.9 Å². The van der Waals surface area contributed by atoms with E-state index in [1.54, 1.807) is 6.08 Å². The largest absolute Gasteiger partial charge is 0.348 e. The van der Waals surface area contributed by atoms with Crippen LogP contribution in [0, 0.1) is 0 Å². The number of carbonyl (C=O) groups excluding carboxylic acids is 1. The Labute approximate surface area is 97.5 Å². The van der Waals surface area contributed by atoms with Gasteiger partial charge in [0.05, 0.1) is 5.69 Å². The number of aryl methyl sites for hydroxylation is 1. The van der Waals surface area contributed by atoms with Crippen molar-refractivity contribution in [3.05, 3.63) is 22.7 Å². The third-order valence-electron chi connectivity index (χ3n) is 1.73. The fourth-order valence-electron chi connectivity index (χ4n) is 0.991. The van der Waals surface area contributed by atoms with Gasteiger partial charge in [-0.05, 0) is 18.0 Å². The lowest BCUT2D eigenvalue weighted by atomic mass is 10.3. The van der Waals surface area contributed by atoms with Gasteiger partial charge in [0.1, 0.15) is 4.88 Å². The van der Waals surface area contributed by atoms with Crippen LogP contribution in [0.2, 0.25) is 0 Å². The summed E-state index contributed by atoms with van der Waals surface area (Å²) in [6, 6.07) is 0. The van der Waals surface area contributed by atoms with Crippen molar-refractivity contribution in [2.45, 2.75) is 13.3 Å². The summed E-state index contributed by atoms with van der Waals surface area (Å²) >= 11 is 6.57. The third kappa shape index (κ3) is 3.60. The van der Waals surface area contributed by atoms with Gasteiger partial charge >= 0.3 is 0 Å².